The van der Waals surface area contributed by atoms with Gasteiger partial charge in [0.1, 0.15) is 5.82 Å². The molecule has 0 bridgehead atoms. The van der Waals surface area contributed by atoms with Gasteiger partial charge in [-0.1, -0.05) is 24.3 Å². The molecule has 3 heteroatoms. The van der Waals surface area contributed by atoms with E-state index in [0.717, 1.165) is 22.2 Å². The van der Waals surface area contributed by atoms with Gasteiger partial charge in [0.2, 0.25) is 0 Å². The Morgan fingerprint density at radius 3 is 2.76 bits per heavy atom. The van der Waals surface area contributed by atoms with Crippen molar-refractivity contribution >= 4 is 16.7 Å². The van der Waals surface area contributed by atoms with Gasteiger partial charge in [0, 0.05) is 17.1 Å². The second kappa shape index (κ2) is 3.87. The van der Waals surface area contributed by atoms with Gasteiger partial charge in [-0.05, 0) is 24.3 Å². The molecule has 0 amide bonds. The largest absolute Gasteiger partial charge is 0.384 e. The third-order valence-electron chi connectivity index (χ3n) is 2.67. The Morgan fingerprint density at radius 2 is 1.88 bits per heavy atom. The molecule has 0 aliphatic carbocycles. The van der Waals surface area contributed by atoms with E-state index in [1.807, 2.05) is 42.5 Å². The Hall–Kier alpha value is -2.42. The minimum absolute atomic E-state index is 0.531. The first-order valence-corrected chi connectivity index (χ1v) is 5.41. The number of rotatable bonds is 1. The Labute approximate surface area is 98.9 Å². The number of benzene rings is 1. The third kappa shape index (κ3) is 1.83. The second-order valence-electron chi connectivity index (χ2n) is 3.86. The predicted octanol–water partition coefficient (Wildman–Crippen LogP) is 2.88. The average molecular weight is 221 g/mol. The van der Waals surface area contributed by atoms with Crippen LogP contribution in [0.1, 0.15) is 0 Å². The highest BCUT2D eigenvalue weighted by Gasteiger charge is 2.01. The summed E-state index contributed by atoms with van der Waals surface area (Å²) in [5.74, 6) is 0.531. The summed E-state index contributed by atoms with van der Waals surface area (Å²) in [6.07, 6.45) is 1.79. The van der Waals surface area contributed by atoms with Crippen LogP contribution in [-0.2, 0) is 0 Å². The fraction of sp³-hybridized carbons (Fsp3) is 0. The maximum atomic E-state index is 5.68. The van der Waals surface area contributed by atoms with Gasteiger partial charge in [0.25, 0.3) is 0 Å². The quantitative estimate of drug-likeness (QED) is 0.687. The molecule has 2 heterocycles. The number of nitrogen functional groups attached to an aromatic ring is 1. The summed E-state index contributed by atoms with van der Waals surface area (Å²) in [5, 5.41) is 1.13. The Kier molecular flexibility index (Phi) is 2.22. The molecule has 0 radical (unpaired) electrons. The lowest BCUT2D eigenvalue weighted by Crippen LogP contribution is -1.91. The molecule has 0 saturated carbocycles. The molecule has 0 atom stereocenters. The van der Waals surface area contributed by atoms with E-state index in [-0.39, 0.29) is 0 Å². The van der Waals surface area contributed by atoms with E-state index in [9.17, 15) is 0 Å². The summed E-state index contributed by atoms with van der Waals surface area (Å²) in [6.45, 7) is 0. The van der Waals surface area contributed by atoms with Crippen molar-refractivity contribution in [2.45, 2.75) is 0 Å². The van der Waals surface area contributed by atoms with Crippen molar-refractivity contribution in [2.75, 3.05) is 5.73 Å². The first-order valence-electron chi connectivity index (χ1n) is 5.41. The van der Waals surface area contributed by atoms with Gasteiger partial charge in [-0.25, -0.2) is 4.98 Å². The highest BCUT2D eigenvalue weighted by molar-refractivity contribution is 5.83. The number of hydrogen-bond donors (Lipinski definition) is 1. The second-order valence-corrected chi connectivity index (χ2v) is 3.86. The summed E-state index contributed by atoms with van der Waals surface area (Å²) in [6, 6.07) is 15.7. The third-order valence-corrected chi connectivity index (χ3v) is 2.67. The first-order chi connectivity index (χ1) is 8.33. The molecule has 3 aromatic rings. The van der Waals surface area contributed by atoms with Crippen LogP contribution in [0.2, 0.25) is 0 Å². The monoisotopic (exact) mass is 221 g/mol. The van der Waals surface area contributed by atoms with Crippen molar-refractivity contribution in [1.82, 2.24) is 9.97 Å². The smallest absolute Gasteiger partial charge is 0.124 e. The molecule has 0 aliphatic heterocycles. The number of pyridine rings is 2. The van der Waals surface area contributed by atoms with Crippen LogP contribution in [0.3, 0.4) is 0 Å². The summed E-state index contributed by atoms with van der Waals surface area (Å²) in [7, 11) is 0. The Balaban J connectivity index is 2.18. The van der Waals surface area contributed by atoms with Crippen molar-refractivity contribution in [3.8, 4) is 11.3 Å². The molecule has 0 fully saturated rings. The molecule has 0 spiro atoms. The maximum absolute atomic E-state index is 5.68. The van der Waals surface area contributed by atoms with E-state index in [4.69, 9.17) is 5.73 Å². The molecular weight excluding hydrogens is 210 g/mol. The van der Waals surface area contributed by atoms with Crippen LogP contribution in [0.25, 0.3) is 22.2 Å². The van der Waals surface area contributed by atoms with Crippen LogP contribution in [0, 0.1) is 0 Å². The minimum atomic E-state index is 0.531. The standard InChI is InChI=1S/C14H11N3/c15-14-5-1-4-12(17-14)11-7-6-10-3-2-8-16-13(10)9-11/h1-9H,(H2,15,17). The van der Waals surface area contributed by atoms with Gasteiger partial charge in [0.05, 0.1) is 11.2 Å². The van der Waals surface area contributed by atoms with Crippen molar-refractivity contribution in [2.24, 2.45) is 0 Å². The lowest BCUT2D eigenvalue weighted by molar-refractivity contribution is 1.33. The molecule has 82 valence electrons. The van der Waals surface area contributed by atoms with Gasteiger partial charge in [0.15, 0.2) is 0 Å². The molecule has 1 aromatic carbocycles. The number of fused-ring (bicyclic) bond motifs is 1. The van der Waals surface area contributed by atoms with Crippen LogP contribution in [0.5, 0.6) is 0 Å². The summed E-state index contributed by atoms with van der Waals surface area (Å²) in [5.41, 5.74) is 8.55. The van der Waals surface area contributed by atoms with Crippen molar-refractivity contribution < 1.29 is 0 Å². The van der Waals surface area contributed by atoms with Crippen LogP contribution in [0.4, 0.5) is 5.82 Å². The van der Waals surface area contributed by atoms with Crippen molar-refractivity contribution in [3.05, 3.63) is 54.7 Å². The number of aromatic nitrogens is 2. The number of nitrogens with zero attached hydrogens (tertiary/aromatic N) is 2. The highest BCUT2D eigenvalue weighted by atomic mass is 14.8. The fourth-order valence-electron chi connectivity index (χ4n) is 1.84. The van der Waals surface area contributed by atoms with Crippen LogP contribution >= 0.6 is 0 Å². The minimum Gasteiger partial charge on any atom is -0.384 e. The molecule has 17 heavy (non-hydrogen) atoms. The van der Waals surface area contributed by atoms with E-state index in [2.05, 4.69) is 9.97 Å². The molecule has 2 aromatic heterocycles. The zero-order valence-electron chi connectivity index (χ0n) is 9.17. The van der Waals surface area contributed by atoms with Crippen LogP contribution < -0.4 is 5.73 Å². The summed E-state index contributed by atoms with van der Waals surface area (Å²) in [4.78, 5) is 8.63. The SMILES string of the molecule is Nc1cccc(-c2ccc3cccnc3c2)n1. The number of hydrogen-bond acceptors (Lipinski definition) is 3. The van der Waals surface area contributed by atoms with E-state index in [1.165, 1.54) is 0 Å². The molecule has 2 N–H and O–H groups in total. The Bertz CT molecular complexity index is 677. The fourth-order valence-corrected chi connectivity index (χ4v) is 1.84. The van der Waals surface area contributed by atoms with Crippen molar-refractivity contribution in [3.63, 3.8) is 0 Å². The average Bonchev–Trinajstić information content (AvgIpc) is 2.38. The molecule has 0 unspecified atom stereocenters. The van der Waals surface area contributed by atoms with Gasteiger partial charge in [-0.15, -0.1) is 0 Å². The van der Waals surface area contributed by atoms with Gasteiger partial charge >= 0.3 is 0 Å². The van der Waals surface area contributed by atoms with Crippen LogP contribution in [-0.4, -0.2) is 9.97 Å². The lowest BCUT2D eigenvalue weighted by atomic mass is 10.1. The maximum Gasteiger partial charge on any atom is 0.124 e. The predicted molar refractivity (Wildman–Crippen MR) is 69.4 cm³/mol. The zero-order valence-corrected chi connectivity index (χ0v) is 9.17. The molecule has 3 nitrogen and oxygen atoms in total. The topological polar surface area (TPSA) is 51.8 Å². The summed E-state index contributed by atoms with van der Waals surface area (Å²) >= 11 is 0. The zero-order chi connectivity index (χ0) is 11.7. The Morgan fingerprint density at radius 1 is 0.941 bits per heavy atom. The number of nitrogens with two attached hydrogens (primary N) is 1. The molecule has 0 aliphatic rings. The highest BCUT2D eigenvalue weighted by Crippen LogP contribution is 2.22. The summed E-state index contributed by atoms with van der Waals surface area (Å²) < 4.78 is 0. The van der Waals surface area contributed by atoms with Crippen molar-refractivity contribution in [1.29, 1.82) is 0 Å². The first kappa shape index (κ1) is 9.78. The van der Waals surface area contributed by atoms with Gasteiger partial charge < -0.3 is 5.73 Å². The lowest BCUT2D eigenvalue weighted by Gasteiger charge is -2.03. The molecule has 0 saturated heterocycles. The van der Waals surface area contributed by atoms with Gasteiger partial charge in [-0.3, -0.25) is 4.98 Å². The van der Waals surface area contributed by atoms with E-state index >= 15 is 0 Å². The normalized spacial score (nSPS) is 10.6. The number of anilines is 1. The van der Waals surface area contributed by atoms with E-state index in [1.54, 1.807) is 12.3 Å². The molecule has 3 rings (SSSR count). The molecular formula is C14H11N3. The van der Waals surface area contributed by atoms with Crippen LogP contribution in [0.15, 0.2) is 54.7 Å². The van der Waals surface area contributed by atoms with Gasteiger partial charge in [-0.2, -0.15) is 0 Å². The van der Waals surface area contributed by atoms with E-state index in [0.29, 0.717) is 5.82 Å². The van der Waals surface area contributed by atoms with E-state index < -0.39 is 0 Å².